The van der Waals surface area contributed by atoms with Crippen LogP contribution in [-0.4, -0.2) is 40.5 Å². The molecule has 2 aromatic carbocycles. The summed E-state index contributed by atoms with van der Waals surface area (Å²) in [5.41, 5.74) is 4.75. The first-order valence-electron chi connectivity index (χ1n) is 9.93. The topological polar surface area (TPSA) is 68.2 Å². The maximum atomic E-state index is 12.9. The molecule has 2 aromatic heterocycles. The molecule has 0 bridgehead atoms. The average molecular weight is 449 g/mol. The first-order valence-corrected chi connectivity index (χ1v) is 11.7. The van der Waals surface area contributed by atoms with E-state index in [0.29, 0.717) is 10.8 Å². The molecular weight excluding hydrogens is 428 g/mol. The summed E-state index contributed by atoms with van der Waals surface area (Å²) >= 11 is 2.99. The van der Waals surface area contributed by atoms with Crippen LogP contribution < -0.4 is 9.64 Å². The number of ether oxygens (including phenoxy) is 1. The molecule has 0 radical (unpaired) electrons. The Labute approximate surface area is 188 Å². The molecule has 0 unspecified atom stereocenters. The van der Waals surface area contributed by atoms with Gasteiger partial charge in [0, 0.05) is 17.8 Å². The van der Waals surface area contributed by atoms with Crippen molar-refractivity contribution in [2.45, 2.75) is 18.4 Å². The summed E-state index contributed by atoms with van der Waals surface area (Å²) < 4.78 is 6.32. The summed E-state index contributed by atoms with van der Waals surface area (Å²) in [6.07, 6.45) is 0.900. The van der Waals surface area contributed by atoms with Gasteiger partial charge in [-0.2, -0.15) is 0 Å². The minimum Gasteiger partial charge on any atom is -0.497 e. The van der Waals surface area contributed by atoms with Crippen LogP contribution >= 0.6 is 23.1 Å². The fourth-order valence-electron chi connectivity index (χ4n) is 3.78. The van der Waals surface area contributed by atoms with Crippen LogP contribution in [0, 0.1) is 6.92 Å². The number of methoxy groups -OCH3 is 1. The fraction of sp³-hybridized carbons (Fsp3) is 0.217. The second kappa shape index (κ2) is 8.28. The van der Waals surface area contributed by atoms with Gasteiger partial charge in [0.2, 0.25) is 5.91 Å². The Morgan fingerprint density at radius 3 is 2.94 bits per heavy atom. The predicted molar refractivity (Wildman–Crippen MR) is 125 cm³/mol. The number of hydrogen-bond acceptors (Lipinski definition) is 7. The number of carbonyl (C=O) groups excluding carboxylic acids is 1. The maximum absolute atomic E-state index is 12.9. The van der Waals surface area contributed by atoms with Crippen LogP contribution in [0.25, 0.3) is 21.5 Å². The lowest BCUT2D eigenvalue weighted by atomic mass is 10.1. The summed E-state index contributed by atoms with van der Waals surface area (Å²) in [7, 11) is 1.65. The molecule has 0 N–H and O–H groups in total. The third kappa shape index (κ3) is 3.77. The molecule has 1 aliphatic heterocycles. The molecule has 0 aliphatic carbocycles. The zero-order valence-corrected chi connectivity index (χ0v) is 18.8. The first-order chi connectivity index (χ1) is 15.1. The highest BCUT2D eigenvalue weighted by atomic mass is 32.2. The van der Waals surface area contributed by atoms with Gasteiger partial charge >= 0.3 is 0 Å². The van der Waals surface area contributed by atoms with Gasteiger partial charge in [-0.15, -0.1) is 21.5 Å². The molecule has 1 amide bonds. The highest BCUT2D eigenvalue weighted by Gasteiger charge is 2.25. The Morgan fingerprint density at radius 2 is 2.06 bits per heavy atom. The number of rotatable bonds is 5. The lowest BCUT2D eigenvalue weighted by molar-refractivity contribution is -0.116. The Hall–Kier alpha value is -2.97. The van der Waals surface area contributed by atoms with Crippen molar-refractivity contribution < 1.29 is 9.53 Å². The van der Waals surface area contributed by atoms with Gasteiger partial charge in [-0.25, -0.2) is 4.98 Å². The van der Waals surface area contributed by atoms with Crippen molar-refractivity contribution in [1.82, 2.24) is 15.2 Å². The van der Waals surface area contributed by atoms with E-state index in [1.165, 1.54) is 17.3 Å². The highest BCUT2D eigenvalue weighted by molar-refractivity contribution is 8.00. The second-order valence-electron chi connectivity index (χ2n) is 7.21. The summed E-state index contributed by atoms with van der Waals surface area (Å²) in [5.74, 6) is 1.14. The quantitative estimate of drug-likeness (QED) is 0.411. The number of anilines is 1. The third-order valence-electron chi connectivity index (χ3n) is 5.26. The van der Waals surface area contributed by atoms with E-state index in [1.807, 2.05) is 54.3 Å². The predicted octanol–water partition coefficient (Wildman–Crippen LogP) is 4.75. The monoisotopic (exact) mass is 448 g/mol. The van der Waals surface area contributed by atoms with Gasteiger partial charge in [-0.1, -0.05) is 42.1 Å². The summed E-state index contributed by atoms with van der Waals surface area (Å²) in [5, 5.41) is 10.6. The Balaban J connectivity index is 1.42. The second-order valence-corrected chi connectivity index (χ2v) is 9.38. The maximum Gasteiger partial charge on any atom is 0.237 e. The molecule has 31 heavy (non-hydrogen) atoms. The number of nitrogens with zero attached hydrogens (tertiary/aromatic N) is 4. The molecule has 6 nitrogen and oxygen atoms in total. The number of fused-ring (bicyclic) bond motifs is 2. The van der Waals surface area contributed by atoms with Gasteiger partial charge in [0.1, 0.15) is 22.0 Å². The molecule has 4 aromatic rings. The van der Waals surface area contributed by atoms with E-state index in [4.69, 9.17) is 9.72 Å². The summed E-state index contributed by atoms with van der Waals surface area (Å²) in [6.45, 7) is 2.70. The molecule has 0 saturated carbocycles. The van der Waals surface area contributed by atoms with Crippen molar-refractivity contribution in [3.05, 3.63) is 59.1 Å². The van der Waals surface area contributed by atoms with Crippen molar-refractivity contribution >= 4 is 44.9 Å². The molecule has 1 aliphatic rings. The number of amides is 1. The number of aryl methyl sites for hydroxylation is 1. The van der Waals surface area contributed by atoms with Crippen molar-refractivity contribution in [3.8, 4) is 17.0 Å². The van der Waals surface area contributed by atoms with Gasteiger partial charge in [-0.05, 0) is 37.1 Å². The van der Waals surface area contributed by atoms with E-state index in [-0.39, 0.29) is 5.91 Å². The van der Waals surface area contributed by atoms with Crippen LogP contribution in [0.1, 0.15) is 10.6 Å². The van der Waals surface area contributed by atoms with Gasteiger partial charge < -0.3 is 9.64 Å². The molecule has 3 heterocycles. The van der Waals surface area contributed by atoms with Crippen LogP contribution in [-0.2, 0) is 11.2 Å². The summed E-state index contributed by atoms with van der Waals surface area (Å²) in [4.78, 5) is 19.5. The number of thiazole rings is 1. The number of benzene rings is 2. The number of para-hydroxylation sites is 1. The lowest BCUT2D eigenvalue weighted by Crippen LogP contribution is -2.30. The zero-order chi connectivity index (χ0) is 21.4. The number of thioether (sulfide) groups is 1. The normalized spacial score (nSPS) is 12.9. The van der Waals surface area contributed by atoms with E-state index in [2.05, 4.69) is 16.3 Å². The molecule has 0 spiro atoms. The van der Waals surface area contributed by atoms with Crippen LogP contribution in [0.5, 0.6) is 5.75 Å². The minimum atomic E-state index is 0.0775. The smallest absolute Gasteiger partial charge is 0.237 e. The van der Waals surface area contributed by atoms with Crippen LogP contribution in [0.4, 0.5) is 5.69 Å². The van der Waals surface area contributed by atoms with Gasteiger partial charge in [-0.3, -0.25) is 4.79 Å². The molecular formula is C23H20N4O2S2. The van der Waals surface area contributed by atoms with Crippen LogP contribution in [0.2, 0.25) is 0 Å². The van der Waals surface area contributed by atoms with E-state index in [1.54, 1.807) is 18.4 Å². The van der Waals surface area contributed by atoms with Gasteiger partial charge in [0.25, 0.3) is 0 Å². The average Bonchev–Trinajstić information content (AvgIpc) is 3.40. The fourth-order valence-corrected chi connectivity index (χ4v) is 5.57. The third-order valence-corrected chi connectivity index (χ3v) is 7.17. The van der Waals surface area contributed by atoms with Crippen molar-refractivity contribution in [2.24, 2.45) is 0 Å². The molecule has 8 heteroatoms. The van der Waals surface area contributed by atoms with Gasteiger partial charge in [0.05, 0.1) is 22.6 Å². The van der Waals surface area contributed by atoms with E-state index in [0.717, 1.165) is 50.9 Å². The molecule has 5 rings (SSSR count). The van der Waals surface area contributed by atoms with E-state index >= 15 is 0 Å². The number of carbonyl (C=O) groups is 1. The molecule has 0 saturated heterocycles. The molecule has 156 valence electrons. The zero-order valence-electron chi connectivity index (χ0n) is 17.2. The van der Waals surface area contributed by atoms with Gasteiger partial charge in [0.15, 0.2) is 0 Å². The highest BCUT2D eigenvalue weighted by Crippen LogP contribution is 2.36. The van der Waals surface area contributed by atoms with E-state index < -0.39 is 0 Å². The minimum absolute atomic E-state index is 0.0775. The summed E-state index contributed by atoms with van der Waals surface area (Å²) in [6, 6.07) is 15.9. The Kier molecular flexibility index (Phi) is 5.33. The molecule has 0 atom stereocenters. The Bertz CT molecular complexity index is 1290. The molecule has 0 fully saturated rings. The first kappa shape index (κ1) is 20.0. The standard InChI is InChI=1S/C23H20N4O2S2/c1-14-24-21-22(31-14)20(16-7-5-8-17(12-16)29-2)25-26-23(21)30-13-19(28)27-11-10-15-6-3-4-9-18(15)27/h3-9,12H,10-11,13H2,1-2H3. The van der Waals surface area contributed by atoms with Crippen LogP contribution in [0.15, 0.2) is 53.6 Å². The Morgan fingerprint density at radius 1 is 1.19 bits per heavy atom. The lowest BCUT2D eigenvalue weighted by Gasteiger charge is -2.16. The van der Waals surface area contributed by atoms with Crippen LogP contribution in [0.3, 0.4) is 0 Å². The van der Waals surface area contributed by atoms with Crippen molar-refractivity contribution in [2.75, 3.05) is 24.3 Å². The number of hydrogen-bond donors (Lipinski definition) is 0. The largest absolute Gasteiger partial charge is 0.497 e. The van der Waals surface area contributed by atoms with Crippen molar-refractivity contribution in [1.29, 1.82) is 0 Å². The van der Waals surface area contributed by atoms with E-state index in [9.17, 15) is 4.79 Å². The van der Waals surface area contributed by atoms with Crippen molar-refractivity contribution in [3.63, 3.8) is 0 Å². The SMILES string of the molecule is COc1cccc(-c2nnc(SCC(=O)N3CCc4ccccc43)c3nc(C)sc23)c1. The number of aromatic nitrogens is 3.